The first-order valence-electron chi connectivity index (χ1n) is 9.58. The summed E-state index contributed by atoms with van der Waals surface area (Å²) >= 11 is 0. The Balaban J connectivity index is 0.000000469. The fraction of sp³-hybridized carbons (Fsp3) is 0.364. The summed E-state index contributed by atoms with van der Waals surface area (Å²) in [4.78, 5) is 23.2. The molecule has 0 unspecified atom stereocenters. The van der Waals surface area contributed by atoms with E-state index in [0.717, 1.165) is 50.8 Å². The van der Waals surface area contributed by atoms with Crippen molar-refractivity contribution in [2.45, 2.75) is 13.1 Å². The third-order valence-electron chi connectivity index (χ3n) is 4.78. The van der Waals surface area contributed by atoms with Crippen molar-refractivity contribution in [3.05, 3.63) is 59.7 Å². The van der Waals surface area contributed by atoms with Crippen molar-refractivity contribution < 1.29 is 29.3 Å². The van der Waals surface area contributed by atoms with E-state index in [0.29, 0.717) is 0 Å². The van der Waals surface area contributed by atoms with E-state index in [1.54, 1.807) is 14.2 Å². The molecule has 3 rings (SSSR count). The van der Waals surface area contributed by atoms with Gasteiger partial charge in [0, 0.05) is 39.3 Å². The van der Waals surface area contributed by atoms with Crippen LogP contribution in [0.2, 0.25) is 0 Å². The molecule has 1 aliphatic rings. The number of carbonyl (C=O) groups is 2. The van der Waals surface area contributed by atoms with Gasteiger partial charge in [0.1, 0.15) is 11.5 Å². The Kier molecular flexibility index (Phi) is 9.11. The van der Waals surface area contributed by atoms with E-state index in [2.05, 4.69) is 34.1 Å². The van der Waals surface area contributed by atoms with Crippen molar-refractivity contribution in [3.63, 3.8) is 0 Å². The highest BCUT2D eigenvalue weighted by atomic mass is 16.5. The van der Waals surface area contributed by atoms with Gasteiger partial charge in [0.05, 0.1) is 14.2 Å². The van der Waals surface area contributed by atoms with Crippen LogP contribution in [0.1, 0.15) is 11.1 Å². The molecule has 8 heteroatoms. The number of hydrogen-bond acceptors (Lipinski definition) is 6. The summed E-state index contributed by atoms with van der Waals surface area (Å²) in [6.45, 7) is 6.48. The van der Waals surface area contributed by atoms with Gasteiger partial charge in [-0.25, -0.2) is 9.59 Å². The first kappa shape index (κ1) is 23.2. The smallest absolute Gasteiger partial charge is 0.414 e. The number of piperazine rings is 1. The monoisotopic (exact) mass is 416 g/mol. The second-order valence-electron chi connectivity index (χ2n) is 6.86. The normalized spacial score (nSPS) is 14.3. The molecule has 1 heterocycles. The molecule has 1 saturated heterocycles. The minimum atomic E-state index is -1.82. The van der Waals surface area contributed by atoms with Gasteiger partial charge in [0.2, 0.25) is 0 Å². The molecular formula is C22H28N2O6. The Morgan fingerprint density at radius 1 is 0.700 bits per heavy atom. The summed E-state index contributed by atoms with van der Waals surface area (Å²) < 4.78 is 10.4. The molecule has 2 aromatic carbocycles. The van der Waals surface area contributed by atoms with Gasteiger partial charge >= 0.3 is 11.9 Å². The van der Waals surface area contributed by atoms with E-state index in [-0.39, 0.29) is 0 Å². The number of ether oxygens (including phenoxy) is 2. The minimum Gasteiger partial charge on any atom is -0.497 e. The summed E-state index contributed by atoms with van der Waals surface area (Å²) in [5.74, 6) is -1.81. The van der Waals surface area contributed by atoms with Crippen LogP contribution in [0, 0.1) is 0 Å². The third-order valence-corrected chi connectivity index (χ3v) is 4.78. The van der Waals surface area contributed by atoms with Gasteiger partial charge in [0.15, 0.2) is 0 Å². The first-order valence-corrected chi connectivity index (χ1v) is 9.58. The average molecular weight is 416 g/mol. The lowest BCUT2D eigenvalue weighted by molar-refractivity contribution is -0.159. The Morgan fingerprint density at radius 3 is 1.23 bits per heavy atom. The zero-order chi connectivity index (χ0) is 21.9. The van der Waals surface area contributed by atoms with E-state index >= 15 is 0 Å². The maximum Gasteiger partial charge on any atom is 0.414 e. The molecule has 0 saturated carbocycles. The largest absolute Gasteiger partial charge is 0.497 e. The molecule has 162 valence electrons. The molecule has 0 aromatic heterocycles. The van der Waals surface area contributed by atoms with Crippen LogP contribution < -0.4 is 9.47 Å². The van der Waals surface area contributed by atoms with E-state index in [4.69, 9.17) is 29.3 Å². The summed E-state index contributed by atoms with van der Waals surface area (Å²) in [5, 5.41) is 14.8. The fourth-order valence-electron chi connectivity index (χ4n) is 3.08. The SMILES string of the molecule is COc1ccc(CN2CCN(Cc3ccc(OC)cc3)CC2)cc1.O=C(O)C(=O)O. The Labute approximate surface area is 176 Å². The Hall–Kier alpha value is -3.10. The number of rotatable bonds is 6. The summed E-state index contributed by atoms with van der Waals surface area (Å²) in [7, 11) is 3.41. The summed E-state index contributed by atoms with van der Waals surface area (Å²) in [6, 6.07) is 16.8. The standard InChI is InChI=1S/C20H26N2O2.C2H2O4/c1-23-19-7-3-17(4-8-19)15-21-11-13-22(14-12-21)16-18-5-9-20(24-2)10-6-18;3-1(4)2(5)6/h3-10H,11-16H2,1-2H3;(H,3,4)(H,5,6). The van der Waals surface area contributed by atoms with Crippen molar-refractivity contribution in [2.75, 3.05) is 40.4 Å². The topological polar surface area (TPSA) is 99.5 Å². The van der Waals surface area contributed by atoms with Crippen molar-refractivity contribution in [1.29, 1.82) is 0 Å². The van der Waals surface area contributed by atoms with Gasteiger partial charge in [-0.15, -0.1) is 0 Å². The van der Waals surface area contributed by atoms with Crippen LogP contribution in [0.4, 0.5) is 0 Å². The molecule has 1 aliphatic heterocycles. The van der Waals surface area contributed by atoms with E-state index in [1.165, 1.54) is 11.1 Å². The highest BCUT2D eigenvalue weighted by Gasteiger charge is 2.17. The first-order chi connectivity index (χ1) is 14.4. The zero-order valence-electron chi connectivity index (χ0n) is 17.3. The highest BCUT2D eigenvalue weighted by molar-refractivity contribution is 6.27. The summed E-state index contributed by atoms with van der Waals surface area (Å²) in [5.41, 5.74) is 2.69. The van der Waals surface area contributed by atoms with Crippen LogP contribution in [0.5, 0.6) is 11.5 Å². The van der Waals surface area contributed by atoms with Gasteiger partial charge in [0.25, 0.3) is 0 Å². The van der Waals surface area contributed by atoms with Crippen molar-refractivity contribution in [1.82, 2.24) is 9.80 Å². The lowest BCUT2D eigenvalue weighted by Crippen LogP contribution is -2.45. The van der Waals surface area contributed by atoms with Crippen LogP contribution in [0.15, 0.2) is 48.5 Å². The second-order valence-corrected chi connectivity index (χ2v) is 6.86. The zero-order valence-corrected chi connectivity index (χ0v) is 17.3. The molecule has 30 heavy (non-hydrogen) atoms. The molecule has 0 amide bonds. The predicted octanol–water partition coefficient (Wildman–Crippen LogP) is 2.18. The molecule has 2 aromatic rings. The number of carboxylic acid groups (broad SMARTS) is 2. The van der Waals surface area contributed by atoms with Crippen LogP contribution in [-0.2, 0) is 22.7 Å². The highest BCUT2D eigenvalue weighted by Crippen LogP contribution is 2.16. The lowest BCUT2D eigenvalue weighted by Gasteiger charge is -2.34. The van der Waals surface area contributed by atoms with Crippen molar-refractivity contribution in [2.24, 2.45) is 0 Å². The number of carboxylic acids is 2. The molecule has 0 spiro atoms. The average Bonchev–Trinajstić information content (AvgIpc) is 2.76. The van der Waals surface area contributed by atoms with Crippen molar-refractivity contribution >= 4 is 11.9 Å². The number of methoxy groups -OCH3 is 2. The minimum absolute atomic E-state index is 0.920. The van der Waals surface area contributed by atoms with Crippen LogP contribution in [0.25, 0.3) is 0 Å². The van der Waals surface area contributed by atoms with E-state index in [1.807, 2.05) is 24.3 Å². The molecule has 0 aliphatic carbocycles. The van der Waals surface area contributed by atoms with Gasteiger partial charge in [-0.2, -0.15) is 0 Å². The van der Waals surface area contributed by atoms with E-state index in [9.17, 15) is 0 Å². The third kappa shape index (κ3) is 7.73. The Morgan fingerprint density at radius 2 is 1.00 bits per heavy atom. The van der Waals surface area contributed by atoms with Gasteiger partial charge in [-0.1, -0.05) is 24.3 Å². The predicted molar refractivity (Wildman–Crippen MR) is 112 cm³/mol. The molecular weight excluding hydrogens is 388 g/mol. The molecule has 0 radical (unpaired) electrons. The number of aliphatic carboxylic acids is 2. The molecule has 0 atom stereocenters. The van der Waals surface area contributed by atoms with Crippen LogP contribution in [-0.4, -0.2) is 72.4 Å². The van der Waals surface area contributed by atoms with Crippen LogP contribution >= 0.6 is 0 Å². The maximum absolute atomic E-state index is 9.10. The summed E-state index contributed by atoms with van der Waals surface area (Å²) in [6.07, 6.45) is 0. The fourth-order valence-corrected chi connectivity index (χ4v) is 3.08. The van der Waals surface area contributed by atoms with Gasteiger partial charge in [-0.05, 0) is 35.4 Å². The van der Waals surface area contributed by atoms with Crippen molar-refractivity contribution in [3.8, 4) is 11.5 Å². The molecule has 0 bridgehead atoms. The molecule has 2 N–H and O–H groups in total. The second kappa shape index (κ2) is 11.8. The molecule has 8 nitrogen and oxygen atoms in total. The van der Waals surface area contributed by atoms with E-state index < -0.39 is 11.9 Å². The molecule has 1 fully saturated rings. The van der Waals surface area contributed by atoms with Gasteiger partial charge in [-0.3, -0.25) is 9.80 Å². The van der Waals surface area contributed by atoms with Gasteiger partial charge < -0.3 is 19.7 Å². The number of benzene rings is 2. The lowest BCUT2D eigenvalue weighted by atomic mass is 10.1. The quantitative estimate of drug-likeness (QED) is 0.692. The number of hydrogen-bond donors (Lipinski definition) is 2. The maximum atomic E-state index is 9.10. The van der Waals surface area contributed by atoms with Crippen LogP contribution in [0.3, 0.4) is 0 Å². The Bertz CT molecular complexity index is 730. The number of nitrogens with zero attached hydrogens (tertiary/aromatic N) is 2.